The van der Waals surface area contributed by atoms with Gasteiger partial charge in [0.2, 0.25) is 0 Å². The third kappa shape index (κ3) is 4.45. The molecule has 0 aromatic heterocycles. The van der Waals surface area contributed by atoms with Crippen LogP contribution >= 0.6 is 0 Å². The van der Waals surface area contributed by atoms with E-state index in [-0.39, 0.29) is 11.4 Å². The van der Waals surface area contributed by atoms with Crippen LogP contribution < -0.4 is 0 Å². The largest absolute Gasteiger partial charge is 0.462 e. The topological polar surface area (TPSA) is 26.3 Å². The van der Waals surface area contributed by atoms with Gasteiger partial charge in [-0.05, 0) is 17.8 Å². The normalized spacial score (nSPS) is 13.5. The van der Waals surface area contributed by atoms with E-state index < -0.39 is 0 Å². The van der Waals surface area contributed by atoms with E-state index in [9.17, 15) is 4.79 Å². The zero-order valence-electron chi connectivity index (χ0n) is 10.0. The molecule has 0 aromatic rings. The van der Waals surface area contributed by atoms with E-state index in [1.807, 2.05) is 6.92 Å². The summed E-state index contributed by atoms with van der Waals surface area (Å²) in [6.45, 7) is 14.5. The van der Waals surface area contributed by atoms with Crippen LogP contribution in [0.3, 0.4) is 0 Å². The molecular weight excluding hydrogens is 176 g/mol. The van der Waals surface area contributed by atoms with Crippen LogP contribution in [-0.2, 0) is 9.53 Å². The minimum absolute atomic E-state index is 0.174. The summed E-state index contributed by atoms with van der Waals surface area (Å²) >= 11 is 0. The van der Waals surface area contributed by atoms with Crippen molar-refractivity contribution in [2.75, 3.05) is 6.61 Å². The lowest BCUT2D eigenvalue weighted by Gasteiger charge is -2.26. The van der Waals surface area contributed by atoms with Gasteiger partial charge in [-0.15, -0.1) is 0 Å². The smallest absolute Gasteiger partial charge is 0.333 e. The molecule has 0 rings (SSSR count). The summed E-state index contributed by atoms with van der Waals surface area (Å²) in [6.07, 6.45) is 0.655. The van der Waals surface area contributed by atoms with Gasteiger partial charge >= 0.3 is 5.97 Å². The van der Waals surface area contributed by atoms with Crippen molar-refractivity contribution >= 4 is 5.97 Å². The van der Waals surface area contributed by atoms with Crippen molar-refractivity contribution in [1.82, 2.24) is 0 Å². The molecule has 0 radical (unpaired) electrons. The van der Waals surface area contributed by atoms with E-state index in [0.717, 1.165) is 0 Å². The van der Waals surface area contributed by atoms with Crippen molar-refractivity contribution in [2.45, 2.75) is 41.0 Å². The summed E-state index contributed by atoms with van der Waals surface area (Å²) in [6, 6.07) is 0. The van der Waals surface area contributed by atoms with Gasteiger partial charge in [0.05, 0.1) is 6.61 Å². The number of hydrogen-bond donors (Lipinski definition) is 0. The highest BCUT2D eigenvalue weighted by Crippen LogP contribution is 2.25. The third-order valence-electron chi connectivity index (χ3n) is 2.66. The van der Waals surface area contributed by atoms with Crippen molar-refractivity contribution in [3.63, 3.8) is 0 Å². The van der Waals surface area contributed by atoms with Crippen LogP contribution in [0, 0.1) is 11.3 Å². The summed E-state index contributed by atoms with van der Waals surface area (Å²) in [4.78, 5) is 11.3. The Labute approximate surface area is 87.3 Å². The number of carbonyl (C=O) groups excluding carboxylic acids is 1. The fourth-order valence-electron chi connectivity index (χ4n) is 0.697. The lowest BCUT2D eigenvalue weighted by Crippen LogP contribution is -2.24. The quantitative estimate of drug-likeness (QED) is 0.512. The highest BCUT2D eigenvalue weighted by molar-refractivity contribution is 5.87. The highest BCUT2D eigenvalue weighted by Gasteiger charge is 2.21. The van der Waals surface area contributed by atoms with Gasteiger partial charge in [0, 0.05) is 5.57 Å². The number of rotatable bonds is 4. The fourth-order valence-corrected chi connectivity index (χ4v) is 0.697. The Kier molecular flexibility index (Phi) is 4.89. The third-order valence-corrected chi connectivity index (χ3v) is 2.66. The van der Waals surface area contributed by atoms with Crippen LogP contribution in [0.1, 0.15) is 41.0 Å². The molecule has 82 valence electrons. The van der Waals surface area contributed by atoms with Gasteiger partial charge in [0.15, 0.2) is 0 Å². The second-order valence-corrected chi connectivity index (χ2v) is 4.82. The number of hydrogen-bond acceptors (Lipinski definition) is 2. The van der Waals surface area contributed by atoms with Crippen LogP contribution in [0.4, 0.5) is 0 Å². The maximum absolute atomic E-state index is 11.3. The molecule has 1 unspecified atom stereocenters. The second-order valence-electron chi connectivity index (χ2n) is 4.82. The Morgan fingerprint density at radius 2 is 1.93 bits per heavy atom. The molecule has 14 heavy (non-hydrogen) atoms. The molecule has 0 amide bonds. The zero-order chi connectivity index (χ0) is 11.4. The van der Waals surface area contributed by atoms with Gasteiger partial charge < -0.3 is 4.74 Å². The van der Waals surface area contributed by atoms with Crippen molar-refractivity contribution < 1.29 is 9.53 Å². The molecule has 0 fully saturated rings. The first-order valence-corrected chi connectivity index (χ1v) is 5.14. The molecule has 0 N–H and O–H groups in total. The van der Waals surface area contributed by atoms with Gasteiger partial charge in [-0.1, -0.05) is 41.2 Å². The lowest BCUT2D eigenvalue weighted by molar-refractivity contribution is -0.141. The molecular formula is C12H22O2. The van der Waals surface area contributed by atoms with Gasteiger partial charge in [-0.25, -0.2) is 4.79 Å². The number of esters is 1. The van der Waals surface area contributed by atoms with E-state index in [4.69, 9.17) is 4.74 Å². The standard InChI is InChI=1S/C12H22O2/c1-7-9(2)11(13)14-8-10(3)12(4,5)6/h10H,2,7-8H2,1,3-6H3. The molecule has 0 saturated heterocycles. The molecule has 0 bridgehead atoms. The molecule has 0 spiro atoms. The Morgan fingerprint density at radius 3 is 2.29 bits per heavy atom. The zero-order valence-corrected chi connectivity index (χ0v) is 10.0. The van der Waals surface area contributed by atoms with Crippen LogP contribution in [0.25, 0.3) is 0 Å². The molecule has 0 aromatic carbocycles. The Balaban J connectivity index is 3.96. The van der Waals surface area contributed by atoms with Gasteiger partial charge in [-0.2, -0.15) is 0 Å². The Bertz CT molecular complexity index is 211. The van der Waals surface area contributed by atoms with Crippen molar-refractivity contribution in [3.8, 4) is 0 Å². The maximum Gasteiger partial charge on any atom is 0.333 e. The summed E-state index contributed by atoms with van der Waals surface area (Å²) in [5.74, 6) is 0.0970. The molecule has 0 aliphatic rings. The van der Waals surface area contributed by atoms with Gasteiger partial charge in [-0.3, -0.25) is 0 Å². The van der Waals surface area contributed by atoms with Crippen molar-refractivity contribution in [1.29, 1.82) is 0 Å². The first kappa shape index (κ1) is 13.2. The molecule has 2 heteroatoms. The predicted molar refractivity (Wildman–Crippen MR) is 59.0 cm³/mol. The molecule has 0 heterocycles. The highest BCUT2D eigenvalue weighted by atomic mass is 16.5. The Morgan fingerprint density at radius 1 is 1.43 bits per heavy atom. The van der Waals surface area contributed by atoms with E-state index in [2.05, 4.69) is 34.3 Å². The van der Waals surface area contributed by atoms with Crippen LogP contribution in [0.2, 0.25) is 0 Å². The molecule has 0 saturated carbocycles. The van der Waals surface area contributed by atoms with E-state index in [1.54, 1.807) is 0 Å². The summed E-state index contributed by atoms with van der Waals surface area (Å²) in [7, 11) is 0. The summed E-state index contributed by atoms with van der Waals surface area (Å²) in [5, 5.41) is 0. The average Bonchev–Trinajstić information content (AvgIpc) is 2.10. The predicted octanol–water partition coefficient (Wildman–Crippen LogP) is 3.18. The van der Waals surface area contributed by atoms with Gasteiger partial charge in [0.25, 0.3) is 0 Å². The minimum atomic E-state index is -0.261. The van der Waals surface area contributed by atoms with Crippen molar-refractivity contribution in [3.05, 3.63) is 12.2 Å². The molecule has 0 aliphatic heterocycles. The number of carbonyl (C=O) groups is 1. The SMILES string of the molecule is C=C(CC)C(=O)OCC(C)C(C)(C)C. The Hall–Kier alpha value is -0.790. The first-order valence-electron chi connectivity index (χ1n) is 5.14. The minimum Gasteiger partial charge on any atom is -0.462 e. The number of ether oxygens (including phenoxy) is 1. The monoisotopic (exact) mass is 198 g/mol. The molecule has 2 nitrogen and oxygen atoms in total. The molecule has 0 aliphatic carbocycles. The van der Waals surface area contributed by atoms with E-state index in [1.165, 1.54) is 0 Å². The second kappa shape index (κ2) is 5.18. The summed E-state index contributed by atoms with van der Waals surface area (Å²) < 4.78 is 5.14. The van der Waals surface area contributed by atoms with Crippen LogP contribution in [0.5, 0.6) is 0 Å². The van der Waals surface area contributed by atoms with Crippen LogP contribution in [0.15, 0.2) is 12.2 Å². The van der Waals surface area contributed by atoms with Crippen LogP contribution in [-0.4, -0.2) is 12.6 Å². The van der Waals surface area contributed by atoms with E-state index >= 15 is 0 Å². The lowest BCUT2D eigenvalue weighted by atomic mass is 9.83. The van der Waals surface area contributed by atoms with E-state index in [0.29, 0.717) is 24.5 Å². The fraction of sp³-hybridized carbons (Fsp3) is 0.750. The van der Waals surface area contributed by atoms with Crippen molar-refractivity contribution in [2.24, 2.45) is 11.3 Å². The molecule has 1 atom stereocenters. The van der Waals surface area contributed by atoms with Gasteiger partial charge in [0.1, 0.15) is 0 Å². The first-order chi connectivity index (χ1) is 6.29. The summed E-state index contributed by atoms with van der Waals surface area (Å²) in [5.41, 5.74) is 0.722. The average molecular weight is 198 g/mol. The maximum atomic E-state index is 11.3.